The Labute approximate surface area is 243 Å². The van der Waals surface area contributed by atoms with E-state index in [0.29, 0.717) is 40.5 Å². The van der Waals surface area contributed by atoms with E-state index in [-0.39, 0.29) is 12.5 Å². The van der Waals surface area contributed by atoms with Gasteiger partial charge in [0.1, 0.15) is 18.1 Å². The first-order valence-electron chi connectivity index (χ1n) is 13.3. The number of aliphatic hydroxyl groups is 1. The summed E-state index contributed by atoms with van der Waals surface area (Å²) in [7, 11) is 1.53. The number of likely N-dealkylation sites (tertiary alicyclic amines) is 1. The molecule has 5 rings (SSSR count). The van der Waals surface area contributed by atoms with Gasteiger partial charge in [-0.3, -0.25) is 0 Å². The van der Waals surface area contributed by atoms with Gasteiger partial charge < -0.3 is 19.6 Å². The SMILES string of the molecule is CO/N=C(\COCc1ccc2nonc2c1)C(CCN1CCC(O)(c2ccccc2)CC1)c1ccc(Cl)c(Cl)c1. The Morgan fingerprint density at radius 3 is 2.55 bits per heavy atom. The topological polar surface area (TPSA) is 93.2 Å². The van der Waals surface area contributed by atoms with Crippen LogP contribution >= 0.6 is 23.2 Å². The van der Waals surface area contributed by atoms with E-state index in [1.54, 1.807) is 6.07 Å². The van der Waals surface area contributed by atoms with Crippen molar-refractivity contribution in [2.75, 3.05) is 33.4 Å². The van der Waals surface area contributed by atoms with E-state index in [0.717, 1.165) is 48.5 Å². The van der Waals surface area contributed by atoms with Gasteiger partial charge in [0.2, 0.25) is 0 Å². The van der Waals surface area contributed by atoms with Crippen LogP contribution in [0.1, 0.15) is 41.9 Å². The molecule has 1 N–H and O–H groups in total. The molecule has 1 aliphatic rings. The van der Waals surface area contributed by atoms with Gasteiger partial charge in [-0.2, -0.15) is 0 Å². The third kappa shape index (κ3) is 6.82. The maximum absolute atomic E-state index is 11.2. The lowest BCUT2D eigenvalue weighted by Gasteiger charge is -2.39. The Kier molecular flexibility index (Phi) is 9.34. The molecule has 3 aromatic carbocycles. The van der Waals surface area contributed by atoms with E-state index in [1.165, 1.54) is 7.11 Å². The van der Waals surface area contributed by atoms with Crippen molar-refractivity contribution in [1.82, 2.24) is 15.2 Å². The number of oxime groups is 1. The molecule has 1 saturated heterocycles. The van der Waals surface area contributed by atoms with E-state index in [4.69, 9.17) is 37.4 Å². The van der Waals surface area contributed by atoms with Crippen LogP contribution in [0.15, 0.2) is 76.5 Å². The molecule has 10 heteroatoms. The van der Waals surface area contributed by atoms with Crippen molar-refractivity contribution < 1.29 is 19.3 Å². The number of fused-ring (bicyclic) bond motifs is 1. The maximum Gasteiger partial charge on any atom is 0.135 e. The van der Waals surface area contributed by atoms with Crippen molar-refractivity contribution in [3.63, 3.8) is 0 Å². The first kappa shape index (κ1) is 28.5. The fourth-order valence-electron chi connectivity index (χ4n) is 5.25. The number of aromatic nitrogens is 2. The lowest BCUT2D eigenvalue weighted by Crippen LogP contribution is -2.43. The molecule has 1 aliphatic heterocycles. The summed E-state index contributed by atoms with van der Waals surface area (Å²) in [5, 5.41) is 24.4. The van der Waals surface area contributed by atoms with Crippen LogP contribution in [0.25, 0.3) is 11.0 Å². The second kappa shape index (κ2) is 13.1. The van der Waals surface area contributed by atoms with E-state index in [9.17, 15) is 5.11 Å². The Balaban J connectivity index is 1.26. The molecule has 210 valence electrons. The minimum atomic E-state index is -0.789. The van der Waals surface area contributed by atoms with Crippen molar-refractivity contribution in [3.05, 3.63) is 93.5 Å². The summed E-state index contributed by atoms with van der Waals surface area (Å²) in [6.07, 6.45) is 2.13. The molecule has 0 radical (unpaired) electrons. The predicted octanol–water partition coefficient (Wildman–Crippen LogP) is 6.21. The Morgan fingerprint density at radius 2 is 1.80 bits per heavy atom. The summed E-state index contributed by atoms with van der Waals surface area (Å²) in [6.45, 7) is 3.04. The molecule has 8 nitrogen and oxygen atoms in total. The fourth-order valence-corrected chi connectivity index (χ4v) is 5.56. The Morgan fingerprint density at radius 1 is 1.02 bits per heavy atom. The minimum Gasteiger partial charge on any atom is -0.399 e. The highest BCUT2D eigenvalue weighted by Crippen LogP contribution is 2.34. The van der Waals surface area contributed by atoms with E-state index >= 15 is 0 Å². The number of hydrogen-bond acceptors (Lipinski definition) is 8. The van der Waals surface area contributed by atoms with Crippen LogP contribution in [0, 0.1) is 0 Å². The smallest absolute Gasteiger partial charge is 0.135 e. The summed E-state index contributed by atoms with van der Waals surface area (Å²) in [6, 6.07) is 21.3. The highest BCUT2D eigenvalue weighted by molar-refractivity contribution is 6.42. The molecule has 1 aromatic heterocycles. The molecule has 2 heterocycles. The van der Waals surface area contributed by atoms with Gasteiger partial charge in [0, 0.05) is 19.0 Å². The summed E-state index contributed by atoms with van der Waals surface area (Å²) in [5.41, 5.74) is 4.26. The van der Waals surface area contributed by atoms with Crippen LogP contribution in [-0.2, 0) is 21.8 Å². The highest BCUT2D eigenvalue weighted by atomic mass is 35.5. The standard InChI is InChI=1S/C30H32Cl2N4O4/c1-38-33-29(20-39-19-21-7-10-27-28(17-21)35-40-34-27)24(22-8-9-25(31)26(32)18-22)11-14-36-15-12-30(37,13-16-36)23-5-3-2-4-6-23/h2-10,17-18,24,37H,11-16,19-20H2,1H3/b33-29+. The minimum absolute atomic E-state index is 0.105. The van der Waals surface area contributed by atoms with Gasteiger partial charge in [-0.05, 0) is 77.1 Å². The van der Waals surface area contributed by atoms with Crippen molar-refractivity contribution in [2.24, 2.45) is 5.16 Å². The van der Waals surface area contributed by atoms with Gasteiger partial charge in [0.05, 0.1) is 34.6 Å². The lowest BCUT2D eigenvalue weighted by atomic mass is 9.84. The monoisotopic (exact) mass is 582 g/mol. The second-order valence-electron chi connectivity index (χ2n) is 10.1. The first-order valence-corrected chi connectivity index (χ1v) is 14.0. The molecule has 0 aliphatic carbocycles. The zero-order chi connectivity index (χ0) is 28.0. The van der Waals surface area contributed by atoms with E-state index < -0.39 is 5.60 Å². The van der Waals surface area contributed by atoms with Gasteiger partial charge in [-0.25, -0.2) is 4.63 Å². The molecular weight excluding hydrogens is 551 g/mol. The van der Waals surface area contributed by atoms with E-state index in [1.807, 2.05) is 60.7 Å². The van der Waals surface area contributed by atoms with Crippen LogP contribution in [0.4, 0.5) is 0 Å². The van der Waals surface area contributed by atoms with Crippen LogP contribution < -0.4 is 0 Å². The van der Waals surface area contributed by atoms with Gasteiger partial charge >= 0.3 is 0 Å². The summed E-state index contributed by atoms with van der Waals surface area (Å²) in [4.78, 5) is 7.63. The molecular formula is C30H32Cl2N4O4. The second-order valence-corrected chi connectivity index (χ2v) is 10.9. The third-order valence-corrected chi connectivity index (χ3v) is 8.26. The average Bonchev–Trinajstić information content (AvgIpc) is 3.44. The molecule has 1 fully saturated rings. The zero-order valence-corrected chi connectivity index (χ0v) is 23.8. The van der Waals surface area contributed by atoms with Crippen molar-refractivity contribution >= 4 is 39.9 Å². The number of hydrogen-bond donors (Lipinski definition) is 1. The summed E-state index contributed by atoms with van der Waals surface area (Å²) >= 11 is 12.6. The van der Waals surface area contributed by atoms with Crippen LogP contribution in [0.5, 0.6) is 0 Å². The Hall–Kier alpha value is -3.01. The number of halogens is 2. The number of rotatable bonds is 11. The van der Waals surface area contributed by atoms with Crippen molar-refractivity contribution in [2.45, 2.75) is 37.4 Å². The number of piperidine rings is 1. The van der Waals surface area contributed by atoms with Gasteiger partial charge in [0.15, 0.2) is 0 Å². The van der Waals surface area contributed by atoms with Crippen LogP contribution in [0.2, 0.25) is 10.0 Å². The van der Waals surface area contributed by atoms with Crippen molar-refractivity contribution in [1.29, 1.82) is 0 Å². The molecule has 0 bridgehead atoms. The Bertz CT molecular complexity index is 1440. The van der Waals surface area contributed by atoms with E-state index in [2.05, 4.69) is 20.4 Å². The number of ether oxygens (including phenoxy) is 1. The summed E-state index contributed by atoms with van der Waals surface area (Å²) < 4.78 is 10.9. The molecule has 0 amide bonds. The third-order valence-electron chi connectivity index (χ3n) is 7.52. The molecule has 40 heavy (non-hydrogen) atoms. The number of nitrogens with zero attached hydrogens (tertiary/aromatic N) is 4. The average molecular weight is 584 g/mol. The molecule has 1 atom stereocenters. The van der Waals surface area contributed by atoms with Crippen molar-refractivity contribution in [3.8, 4) is 0 Å². The van der Waals surface area contributed by atoms with Gasteiger partial charge in [-0.1, -0.05) is 70.8 Å². The molecule has 1 unspecified atom stereocenters. The normalized spacial score (nSPS) is 16.8. The van der Waals surface area contributed by atoms with Crippen LogP contribution in [0.3, 0.4) is 0 Å². The highest BCUT2D eigenvalue weighted by Gasteiger charge is 2.34. The fraction of sp³-hybridized carbons (Fsp3) is 0.367. The maximum atomic E-state index is 11.2. The molecule has 0 saturated carbocycles. The predicted molar refractivity (Wildman–Crippen MR) is 156 cm³/mol. The first-order chi connectivity index (χ1) is 19.4. The lowest BCUT2D eigenvalue weighted by molar-refractivity contribution is -0.0261. The van der Waals surface area contributed by atoms with Gasteiger partial charge in [-0.15, -0.1) is 0 Å². The van der Waals surface area contributed by atoms with Gasteiger partial charge in [0.25, 0.3) is 0 Å². The molecule has 0 spiro atoms. The summed E-state index contributed by atoms with van der Waals surface area (Å²) in [5.74, 6) is -0.105. The largest absolute Gasteiger partial charge is 0.399 e. The zero-order valence-electron chi connectivity index (χ0n) is 22.3. The van der Waals surface area contributed by atoms with Crippen LogP contribution in [-0.4, -0.2) is 59.4 Å². The molecule has 4 aromatic rings. The quantitative estimate of drug-likeness (QED) is 0.166. The number of benzene rings is 3.